The van der Waals surface area contributed by atoms with Gasteiger partial charge < -0.3 is 15.4 Å². The Bertz CT molecular complexity index is 1030. The van der Waals surface area contributed by atoms with Gasteiger partial charge in [-0.25, -0.2) is 8.42 Å². The van der Waals surface area contributed by atoms with Crippen LogP contribution in [0.3, 0.4) is 0 Å². The first-order valence-electron chi connectivity index (χ1n) is 9.86. The van der Waals surface area contributed by atoms with Crippen molar-refractivity contribution >= 4 is 27.3 Å². The van der Waals surface area contributed by atoms with Gasteiger partial charge in [0.05, 0.1) is 11.5 Å². The molecule has 1 fully saturated rings. The molecule has 30 heavy (non-hydrogen) atoms. The molecule has 0 atom stereocenters. The summed E-state index contributed by atoms with van der Waals surface area (Å²) in [5.74, 6) is 0.269. The Hall–Kier alpha value is -2.87. The second-order valence-electron chi connectivity index (χ2n) is 7.52. The maximum atomic E-state index is 12.3. The first-order valence-corrected chi connectivity index (χ1v) is 11.8. The van der Waals surface area contributed by atoms with Crippen LogP contribution in [0.1, 0.15) is 41.6 Å². The normalized spacial score (nSPS) is 13.5. The maximum absolute atomic E-state index is 12.3. The van der Waals surface area contributed by atoms with E-state index in [1.54, 1.807) is 24.3 Å². The van der Waals surface area contributed by atoms with Crippen molar-refractivity contribution in [3.8, 4) is 5.75 Å². The van der Waals surface area contributed by atoms with Crippen LogP contribution < -0.4 is 15.4 Å². The molecule has 0 bridgehead atoms. The molecule has 1 saturated carbocycles. The van der Waals surface area contributed by atoms with Crippen molar-refractivity contribution in [2.24, 2.45) is 0 Å². The lowest BCUT2D eigenvalue weighted by atomic mass is 10.1. The van der Waals surface area contributed by atoms with E-state index in [-0.39, 0.29) is 29.2 Å². The second kappa shape index (κ2) is 9.30. The van der Waals surface area contributed by atoms with Gasteiger partial charge in [-0.2, -0.15) is 0 Å². The lowest BCUT2D eigenvalue weighted by Crippen LogP contribution is -2.25. The third kappa shape index (κ3) is 6.32. The molecule has 2 N–H and O–H groups in total. The third-order valence-corrected chi connectivity index (χ3v) is 5.88. The predicted octanol–water partition coefficient (Wildman–Crippen LogP) is 3.09. The van der Waals surface area contributed by atoms with Crippen molar-refractivity contribution in [2.45, 2.75) is 43.5 Å². The third-order valence-electron chi connectivity index (χ3n) is 4.76. The molecule has 0 aliphatic heterocycles. The Morgan fingerprint density at radius 3 is 2.43 bits per heavy atom. The number of ether oxygens (including phenoxy) is 1. The van der Waals surface area contributed by atoms with Gasteiger partial charge in [0.25, 0.3) is 5.91 Å². The molecule has 8 heteroatoms. The number of sulfone groups is 1. The first kappa shape index (κ1) is 21.8. The van der Waals surface area contributed by atoms with Gasteiger partial charge in [-0.3, -0.25) is 9.59 Å². The average molecular weight is 431 g/mol. The number of nitrogens with one attached hydrogen (secondary N) is 2. The Morgan fingerprint density at radius 1 is 1.10 bits per heavy atom. The Morgan fingerprint density at radius 2 is 1.80 bits per heavy atom. The molecule has 0 spiro atoms. The quantitative estimate of drug-likeness (QED) is 0.595. The molecule has 2 amide bonds. The van der Waals surface area contributed by atoms with E-state index in [0.717, 1.165) is 24.7 Å². The van der Waals surface area contributed by atoms with Gasteiger partial charge in [-0.15, -0.1) is 0 Å². The SMILES string of the molecule is Cc1ccc(C(=O)NC2CC2)cc1NC(=O)CCCOc1ccc(S(C)(=O)=O)cc1. The molecular weight excluding hydrogens is 404 g/mol. The zero-order valence-electron chi connectivity index (χ0n) is 17.1. The number of anilines is 1. The van der Waals surface area contributed by atoms with Crippen molar-refractivity contribution in [1.82, 2.24) is 5.32 Å². The Kier molecular flexibility index (Phi) is 6.77. The average Bonchev–Trinajstić information content (AvgIpc) is 3.50. The standard InChI is InChI=1S/C22H26N2O5S/c1-15-5-6-16(22(26)23-17-7-8-17)14-20(15)24-21(25)4-3-13-29-18-9-11-19(12-10-18)30(2,27)28/h5-6,9-12,14,17H,3-4,7-8,13H2,1-2H3,(H,23,26)(H,24,25). The van der Waals surface area contributed by atoms with Gasteiger partial charge in [0, 0.05) is 30.0 Å². The highest BCUT2D eigenvalue weighted by Crippen LogP contribution is 2.22. The largest absolute Gasteiger partial charge is 0.494 e. The van der Waals surface area contributed by atoms with Gasteiger partial charge >= 0.3 is 0 Å². The molecule has 1 aliphatic rings. The fourth-order valence-electron chi connectivity index (χ4n) is 2.81. The van der Waals surface area contributed by atoms with Crippen LogP contribution in [0.5, 0.6) is 5.75 Å². The molecule has 0 radical (unpaired) electrons. The van der Waals surface area contributed by atoms with Crippen molar-refractivity contribution in [1.29, 1.82) is 0 Å². The maximum Gasteiger partial charge on any atom is 0.251 e. The molecule has 7 nitrogen and oxygen atoms in total. The summed E-state index contributed by atoms with van der Waals surface area (Å²) in [6.07, 6.45) is 3.95. The number of aryl methyl sites for hydroxylation is 1. The van der Waals surface area contributed by atoms with Crippen molar-refractivity contribution in [3.05, 3.63) is 53.6 Å². The topological polar surface area (TPSA) is 102 Å². The zero-order chi connectivity index (χ0) is 21.7. The van der Waals surface area contributed by atoms with Crippen molar-refractivity contribution in [3.63, 3.8) is 0 Å². The summed E-state index contributed by atoms with van der Waals surface area (Å²) in [7, 11) is -3.23. The summed E-state index contributed by atoms with van der Waals surface area (Å²) in [6, 6.07) is 11.7. The van der Waals surface area contributed by atoms with E-state index in [2.05, 4.69) is 10.6 Å². The fraction of sp³-hybridized carbons (Fsp3) is 0.364. The summed E-state index contributed by atoms with van der Waals surface area (Å²) in [5, 5.41) is 5.79. The van der Waals surface area contributed by atoms with Crippen LogP contribution in [0.25, 0.3) is 0 Å². The summed E-state index contributed by atoms with van der Waals surface area (Å²) in [5.41, 5.74) is 2.04. The van der Waals surface area contributed by atoms with Crippen LogP contribution in [0, 0.1) is 6.92 Å². The van der Waals surface area contributed by atoms with Crippen LogP contribution >= 0.6 is 0 Å². The summed E-state index contributed by atoms with van der Waals surface area (Å²) >= 11 is 0. The zero-order valence-corrected chi connectivity index (χ0v) is 17.9. The van der Waals surface area contributed by atoms with E-state index in [0.29, 0.717) is 30.0 Å². The van der Waals surface area contributed by atoms with Crippen molar-refractivity contribution in [2.75, 3.05) is 18.2 Å². The highest BCUT2D eigenvalue weighted by molar-refractivity contribution is 7.90. The van der Waals surface area contributed by atoms with Crippen LogP contribution in [-0.2, 0) is 14.6 Å². The van der Waals surface area contributed by atoms with Crippen LogP contribution in [0.15, 0.2) is 47.4 Å². The van der Waals surface area contributed by atoms with Crippen LogP contribution in [0.4, 0.5) is 5.69 Å². The van der Waals surface area contributed by atoms with E-state index >= 15 is 0 Å². The minimum atomic E-state index is -3.23. The first-order chi connectivity index (χ1) is 14.2. The highest BCUT2D eigenvalue weighted by Gasteiger charge is 2.24. The lowest BCUT2D eigenvalue weighted by molar-refractivity contribution is -0.116. The number of benzene rings is 2. The molecule has 0 heterocycles. The molecule has 160 valence electrons. The minimum absolute atomic E-state index is 0.122. The van der Waals surface area contributed by atoms with E-state index in [1.807, 2.05) is 13.0 Å². The molecule has 3 rings (SSSR count). The smallest absolute Gasteiger partial charge is 0.251 e. The monoisotopic (exact) mass is 430 g/mol. The minimum Gasteiger partial charge on any atom is -0.494 e. The predicted molar refractivity (Wildman–Crippen MR) is 115 cm³/mol. The van der Waals surface area contributed by atoms with Crippen LogP contribution in [-0.4, -0.2) is 39.1 Å². The molecule has 0 saturated heterocycles. The Balaban J connectivity index is 1.46. The van der Waals surface area contributed by atoms with Gasteiger partial charge in [0.15, 0.2) is 9.84 Å². The fourth-order valence-corrected chi connectivity index (χ4v) is 3.44. The summed E-state index contributed by atoms with van der Waals surface area (Å²) in [4.78, 5) is 24.7. The van der Waals surface area contributed by atoms with Gasteiger partial charge in [-0.05, 0) is 68.1 Å². The van der Waals surface area contributed by atoms with Crippen molar-refractivity contribution < 1.29 is 22.7 Å². The molecule has 2 aromatic rings. The van der Waals surface area contributed by atoms with Gasteiger partial charge in [-0.1, -0.05) is 6.07 Å². The highest BCUT2D eigenvalue weighted by atomic mass is 32.2. The van der Waals surface area contributed by atoms with E-state index in [4.69, 9.17) is 4.74 Å². The number of carbonyl (C=O) groups excluding carboxylic acids is 2. The summed E-state index contributed by atoms with van der Waals surface area (Å²) in [6.45, 7) is 2.20. The molecule has 0 aromatic heterocycles. The Labute approximate surface area is 176 Å². The molecular formula is C22H26N2O5S. The van der Waals surface area contributed by atoms with E-state index < -0.39 is 9.84 Å². The van der Waals surface area contributed by atoms with Crippen LogP contribution in [0.2, 0.25) is 0 Å². The van der Waals surface area contributed by atoms with Gasteiger partial charge in [0.2, 0.25) is 5.91 Å². The molecule has 2 aromatic carbocycles. The number of carbonyl (C=O) groups is 2. The number of amides is 2. The second-order valence-corrected chi connectivity index (χ2v) is 9.54. The number of hydrogen-bond acceptors (Lipinski definition) is 5. The van der Waals surface area contributed by atoms with E-state index in [9.17, 15) is 18.0 Å². The lowest BCUT2D eigenvalue weighted by Gasteiger charge is -2.11. The molecule has 1 aliphatic carbocycles. The number of hydrogen-bond donors (Lipinski definition) is 2. The molecule has 0 unspecified atom stereocenters. The van der Waals surface area contributed by atoms with E-state index in [1.165, 1.54) is 12.1 Å². The number of rotatable bonds is 9. The summed E-state index contributed by atoms with van der Waals surface area (Å²) < 4.78 is 28.5. The van der Waals surface area contributed by atoms with Gasteiger partial charge in [0.1, 0.15) is 5.75 Å².